The number of aromatic nitrogens is 2. The molecule has 0 aliphatic carbocycles. The molecule has 2 rings (SSSR count). The third-order valence-electron chi connectivity index (χ3n) is 2.73. The van der Waals surface area contributed by atoms with Gasteiger partial charge >= 0.3 is 0 Å². The molecular weight excluding hydrogens is 210 g/mol. The number of rotatable bonds is 4. The first-order valence-corrected chi connectivity index (χ1v) is 6.01. The smallest absolute Gasteiger partial charge is 0.0539 e. The van der Waals surface area contributed by atoms with Crippen molar-refractivity contribution in [3.63, 3.8) is 0 Å². The fourth-order valence-electron chi connectivity index (χ4n) is 1.95. The van der Waals surface area contributed by atoms with Crippen molar-refractivity contribution in [3.8, 4) is 0 Å². The van der Waals surface area contributed by atoms with E-state index >= 15 is 0 Å². The van der Waals surface area contributed by atoms with Gasteiger partial charge in [0.25, 0.3) is 0 Å². The molecule has 0 saturated heterocycles. The maximum Gasteiger partial charge on any atom is 0.0539 e. The molecule has 17 heavy (non-hydrogen) atoms. The minimum absolute atomic E-state index is 0.822. The van der Waals surface area contributed by atoms with Gasteiger partial charge in [-0.2, -0.15) is 5.10 Å². The number of nitrogens with one attached hydrogen (secondary N) is 1. The SMILES string of the molecule is CCn1cc(CNc2cc(C)cc(C)c2)cn1. The topological polar surface area (TPSA) is 29.9 Å². The van der Waals surface area contributed by atoms with E-state index in [1.54, 1.807) is 0 Å². The van der Waals surface area contributed by atoms with Gasteiger partial charge in [0.1, 0.15) is 0 Å². The second-order valence-corrected chi connectivity index (χ2v) is 4.43. The predicted octanol–water partition coefficient (Wildman–Crippen LogP) is 3.13. The normalized spacial score (nSPS) is 10.5. The van der Waals surface area contributed by atoms with Gasteiger partial charge in [0.15, 0.2) is 0 Å². The highest BCUT2D eigenvalue weighted by Gasteiger charge is 1.99. The molecular formula is C14H19N3. The second-order valence-electron chi connectivity index (χ2n) is 4.43. The van der Waals surface area contributed by atoms with Crippen LogP contribution in [0.4, 0.5) is 5.69 Å². The third kappa shape index (κ3) is 3.09. The van der Waals surface area contributed by atoms with Crippen LogP contribution in [-0.4, -0.2) is 9.78 Å². The molecule has 0 amide bonds. The van der Waals surface area contributed by atoms with Gasteiger partial charge in [-0.25, -0.2) is 0 Å². The maximum absolute atomic E-state index is 4.26. The lowest BCUT2D eigenvalue weighted by Crippen LogP contribution is -1.99. The van der Waals surface area contributed by atoms with Crippen molar-refractivity contribution in [3.05, 3.63) is 47.3 Å². The van der Waals surface area contributed by atoms with Crippen molar-refractivity contribution in [2.75, 3.05) is 5.32 Å². The molecule has 0 saturated carbocycles. The average molecular weight is 229 g/mol. The van der Waals surface area contributed by atoms with Crippen LogP contribution in [0.15, 0.2) is 30.6 Å². The molecule has 1 aromatic heterocycles. The van der Waals surface area contributed by atoms with E-state index in [0.717, 1.165) is 13.1 Å². The lowest BCUT2D eigenvalue weighted by molar-refractivity contribution is 0.659. The Labute approximate surface area is 102 Å². The predicted molar refractivity (Wildman–Crippen MR) is 71.1 cm³/mol. The van der Waals surface area contributed by atoms with E-state index in [9.17, 15) is 0 Å². The zero-order valence-electron chi connectivity index (χ0n) is 10.7. The van der Waals surface area contributed by atoms with Crippen molar-refractivity contribution in [1.29, 1.82) is 0 Å². The molecule has 0 aliphatic heterocycles. The number of hydrogen-bond donors (Lipinski definition) is 1. The summed E-state index contributed by atoms with van der Waals surface area (Å²) in [5, 5.41) is 7.69. The van der Waals surface area contributed by atoms with Gasteiger partial charge < -0.3 is 5.32 Å². The molecule has 0 unspecified atom stereocenters. The van der Waals surface area contributed by atoms with E-state index in [2.05, 4.69) is 55.6 Å². The van der Waals surface area contributed by atoms with Crippen molar-refractivity contribution in [1.82, 2.24) is 9.78 Å². The summed E-state index contributed by atoms with van der Waals surface area (Å²) < 4.78 is 1.94. The lowest BCUT2D eigenvalue weighted by atomic mass is 10.1. The maximum atomic E-state index is 4.26. The van der Waals surface area contributed by atoms with E-state index in [0.29, 0.717) is 0 Å². The highest BCUT2D eigenvalue weighted by molar-refractivity contribution is 5.48. The van der Waals surface area contributed by atoms with Crippen LogP contribution in [0.3, 0.4) is 0 Å². The van der Waals surface area contributed by atoms with Crippen molar-refractivity contribution in [2.24, 2.45) is 0 Å². The van der Waals surface area contributed by atoms with Crippen LogP contribution < -0.4 is 5.32 Å². The quantitative estimate of drug-likeness (QED) is 0.873. The Balaban J connectivity index is 2.01. The van der Waals surface area contributed by atoms with E-state index in [-0.39, 0.29) is 0 Å². The largest absolute Gasteiger partial charge is 0.381 e. The number of hydrogen-bond acceptors (Lipinski definition) is 2. The van der Waals surface area contributed by atoms with Crippen LogP contribution in [0.1, 0.15) is 23.6 Å². The van der Waals surface area contributed by atoms with E-state index in [1.807, 2.05) is 10.9 Å². The molecule has 90 valence electrons. The zero-order valence-corrected chi connectivity index (χ0v) is 10.7. The van der Waals surface area contributed by atoms with Crippen LogP contribution in [0, 0.1) is 13.8 Å². The molecule has 1 N–H and O–H groups in total. The summed E-state index contributed by atoms with van der Waals surface area (Å²) in [6.45, 7) is 8.07. The summed E-state index contributed by atoms with van der Waals surface area (Å²) in [4.78, 5) is 0. The first-order chi connectivity index (χ1) is 8.17. The van der Waals surface area contributed by atoms with E-state index < -0.39 is 0 Å². The van der Waals surface area contributed by atoms with Gasteiger partial charge in [0, 0.05) is 30.5 Å². The van der Waals surface area contributed by atoms with Crippen molar-refractivity contribution < 1.29 is 0 Å². The standard InChI is InChI=1S/C14H19N3/c1-4-17-10-13(9-16-17)8-15-14-6-11(2)5-12(3)7-14/h5-7,9-10,15H,4,8H2,1-3H3. The molecule has 0 fully saturated rings. The van der Waals surface area contributed by atoms with Crippen molar-refractivity contribution in [2.45, 2.75) is 33.9 Å². The number of benzene rings is 1. The van der Waals surface area contributed by atoms with Gasteiger partial charge in [-0.05, 0) is 44.0 Å². The van der Waals surface area contributed by atoms with Gasteiger partial charge in [-0.1, -0.05) is 6.07 Å². The molecule has 3 heteroatoms. The minimum atomic E-state index is 0.822. The molecule has 1 aromatic carbocycles. The number of nitrogens with zero attached hydrogens (tertiary/aromatic N) is 2. The molecule has 0 atom stereocenters. The first kappa shape index (κ1) is 11.7. The summed E-state index contributed by atoms with van der Waals surface area (Å²) in [5.41, 5.74) is 4.96. The highest BCUT2D eigenvalue weighted by atomic mass is 15.3. The number of anilines is 1. The zero-order chi connectivity index (χ0) is 12.3. The lowest BCUT2D eigenvalue weighted by Gasteiger charge is -2.07. The van der Waals surface area contributed by atoms with Gasteiger partial charge in [-0.3, -0.25) is 4.68 Å². The molecule has 0 radical (unpaired) electrons. The van der Waals surface area contributed by atoms with Gasteiger partial charge in [0.2, 0.25) is 0 Å². The van der Waals surface area contributed by atoms with E-state index in [1.165, 1.54) is 22.4 Å². The van der Waals surface area contributed by atoms with Gasteiger partial charge in [-0.15, -0.1) is 0 Å². The summed E-state index contributed by atoms with van der Waals surface area (Å²) in [5.74, 6) is 0. The number of aryl methyl sites for hydroxylation is 3. The fourth-order valence-corrected chi connectivity index (χ4v) is 1.95. The molecule has 1 heterocycles. The summed E-state index contributed by atoms with van der Waals surface area (Å²) >= 11 is 0. The third-order valence-corrected chi connectivity index (χ3v) is 2.73. The van der Waals surface area contributed by atoms with Crippen LogP contribution in [-0.2, 0) is 13.1 Å². The summed E-state index contributed by atoms with van der Waals surface area (Å²) in [6.07, 6.45) is 3.99. The first-order valence-electron chi connectivity index (χ1n) is 6.01. The minimum Gasteiger partial charge on any atom is -0.381 e. The second kappa shape index (κ2) is 5.04. The molecule has 0 spiro atoms. The van der Waals surface area contributed by atoms with Crippen LogP contribution in [0.5, 0.6) is 0 Å². The Morgan fingerprint density at radius 1 is 1.18 bits per heavy atom. The van der Waals surface area contributed by atoms with Crippen molar-refractivity contribution >= 4 is 5.69 Å². The fraction of sp³-hybridized carbons (Fsp3) is 0.357. The molecule has 0 bridgehead atoms. The van der Waals surface area contributed by atoms with Gasteiger partial charge in [0.05, 0.1) is 6.20 Å². The van der Waals surface area contributed by atoms with Crippen LogP contribution in [0.2, 0.25) is 0 Å². The molecule has 2 aromatic rings. The Bertz CT molecular complexity index is 480. The molecule has 3 nitrogen and oxygen atoms in total. The summed E-state index contributed by atoms with van der Waals surface area (Å²) in [6, 6.07) is 6.51. The highest BCUT2D eigenvalue weighted by Crippen LogP contribution is 2.14. The Morgan fingerprint density at radius 3 is 2.47 bits per heavy atom. The van der Waals surface area contributed by atoms with Crippen LogP contribution >= 0.6 is 0 Å². The summed E-state index contributed by atoms with van der Waals surface area (Å²) in [7, 11) is 0. The Morgan fingerprint density at radius 2 is 1.88 bits per heavy atom. The Kier molecular flexibility index (Phi) is 3.47. The average Bonchev–Trinajstić information content (AvgIpc) is 2.73. The van der Waals surface area contributed by atoms with E-state index in [4.69, 9.17) is 0 Å². The monoisotopic (exact) mass is 229 g/mol. The molecule has 0 aliphatic rings. The van der Waals surface area contributed by atoms with Crippen LogP contribution in [0.25, 0.3) is 0 Å². The Hall–Kier alpha value is -1.77.